The van der Waals surface area contributed by atoms with Gasteiger partial charge in [-0.15, -0.1) is 0 Å². The molecular weight excluding hydrogens is 105 g/mol. The number of rotatable bonds is 0. The first-order valence-corrected chi connectivity index (χ1v) is 0.775. The normalized spacial score (nSPS) is 4.50. The molecule has 0 radical (unpaired) electrons. The molecule has 0 rings (SSSR count). The molecule has 0 heterocycles. The van der Waals surface area contributed by atoms with Gasteiger partial charge in [0, 0.05) is 0 Å². The standard InChI is InChI=1S/BH3O3.K.Li.2H/c2-1(3)4;;;;/h2-4H;;;;. The zero-order valence-electron chi connectivity index (χ0n) is 1.92. The monoisotopic (exact) mass is 110 g/mol. The van der Waals surface area contributed by atoms with Crippen LogP contribution >= 0.6 is 0 Å². The Morgan fingerprint density at radius 3 is 1.00 bits per heavy atom. The summed E-state index contributed by atoms with van der Waals surface area (Å²) < 4.78 is 0. The molecular formula is H5BKLiO3. The first kappa shape index (κ1) is 15.7. The predicted molar refractivity (Wildman–Crippen MR) is 26.7 cm³/mol. The van der Waals surface area contributed by atoms with Gasteiger partial charge in [-0.2, -0.15) is 0 Å². The van der Waals surface area contributed by atoms with E-state index in [4.69, 9.17) is 15.1 Å². The van der Waals surface area contributed by atoms with Crippen molar-refractivity contribution in [1.82, 2.24) is 0 Å². The van der Waals surface area contributed by atoms with Gasteiger partial charge < -0.3 is 15.1 Å². The topological polar surface area (TPSA) is 60.7 Å². The Morgan fingerprint density at radius 1 is 1.00 bits per heavy atom. The minimum atomic E-state index is -2.17. The van der Waals surface area contributed by atoms with Gasteiger partial charge in [-0.1, -0.05) is 0 Å². The molecule has 6 heteroatoms. The summed E-state index contributed by atoms with van der Waals surface area (Å²) in [5, 5.41) is 21.5. The van der Waals surface area contributed by atoms with Gasteiger partial charge in [-0.25, -0.2) is 0 Å². The second-order valence-corrected chi connectivity index (χ2v) is 0.346. The fraction of sp³-hybridized carbons (Fsp3) is 0. The SMILES string of the molecule is OB(O)O.[KH].[LiH]. The van der Waals surface area contributed by atoms with E-state index in [9.17, 15) is 0 Å². The van der Waals surface area contributed by atoms with Crippen LogP contribution in [0, 0.1) is 0 Å². The minimum absolute atomic E-state index is 0. The van der Waals surface area contributed by atoms with E-state index >= 15 is 0 Å². The van der Waals surface area contributed by atoms with Crippen LogP contribution in [0.4, 0.5) is 0 Å². The summed E-state index contributed by atoms with van der Waals surface area (Å²) in [4.78, 5) is 0. The molecule has 0 amide bonds. The molecule has 0 aromatic rings. The van der Waals surface area contributed by atoms with Gasteiger partial charge >= 0.3 is 77.6 Å². The van der Waals surface area contributed by atoms with Crippen molar-refractivity contribution in [3.05, 3.63) is 0 Å². The summed E-state index contributed by atoms with van der Waals surface area (Å²) in [5.41, 5.74) is 0. The second kappa shape index (κ2) is 10.2. The average Bonchev–Trinajstić information content (AvgIpc) is 0.811. The Balaban J connectivity index is -0.0000000450. The fourth-order valence-electron chi connectivity index (χ4n) is 0. The van der Waals surface area contributed by atoms with Gasteiger partial charge in [0.05, 0.1) is 0 Å². The molecule has 0 saturated heterocycles. The Morgan fingerprint density at radius 2 is 1.00 bits per heavy atom. The summed E-state index contributed by atoms with van der Waals surface area (Å²) in [5.74, 6) is 0. The molecule has 0 unspecified atom stereocenters. The molecule has 0 aliphatic carbocycles. The molecule has 0 saturated carbocycles. The van der Waals surface area contributed by atoms with E-state index in [1.165, 1.54) is 0 Å². The molecule has 3 nitrogen and oxygen atoms in total. The van der Waals surface area contributed by atoms with Crippen LogP contribution in [0.3, 0.4) is 0 Å². The van der Waals surface area contributed by atoms with Crippen LogP contribution in [0.5, 0.6) is 0 Å². The van der Waals surface area contributed by atoms with Crippen molar-refractivity contribution in [2.75, 3.05) is 0 Å². The first-order valence-electron chi connectivity index (χ1n) is 0.775. The van der Waals surface area contributed by atoms with Crippen molar-refractivity contribution < 1.29 is 15.1 Å². The van der Waals surface area contributed by atoms with Crippen LogP contribution in [-0.2, 0) is 0 Å². The summed E-state index contributed by atoms with van der Waals surface area (Å²) in [6.45, 7) is 0. The van der Waals surface area contributed by atoms with E-state index in [-0.39, 0.29) is 70.2 Å². The molecule has 6 heavy (non-hydrogen) atoms. The molecule has 0 fully saturated rings. The van der Waals surface area contributed by atoms with Crippen molar-refractivity contribution in [2.45, 2.75) is 0 Å². The molecule has 28 valence electrons. The van der Waals surface area contributed by atoms with Crippen molar-refractivity contribution in [3.63, 3.8) is 0 Å². The van der Waals surface area contributed by atoms with Crippen LogP contribution < -0.4 is 0 Å². The van der Waals surface area contributed by atoms with Gasteiger partial charge in [0.15, 0.2) is 0 Å². The van der Waals surface area contributed by atoms with Gasteiger partial charge in [0.2, 0.25) is 0 Å². The molecule has 0 aliphatic heterocycles. The van der Waals surface area contributed by atoms with E-state index < -0.39 is 7.32 Å². The van der Waals surface area contributed by atoms with Crippen molar-refractivity contribution in [1.29, 1.82) is 0 Å². The second-order valence-electron chi connectivity index (χ2n) is 0.346. The molecule has 0 aromatic carbocycles. The van der Waals surface area contributed by atoms with Crippen molar-refractivity contribution in [2.24, 2.45) is 0 Å². The maximum atomic E-state index is 7.17. The Labute approximate surface area is 90.9 Å². The van der Waals surface area contributed by atoms with E-state index in [2.05, 4.69) is 0 Å². The Kier molecular flexibility index (Phi) is 26.8. The van der Waals surface area contributed by atoms with Gasteiger partial charge in [-0.3, -0.25) is 0 Å². The van der Waals surface area contributed by atoms with Crippen LogP contribution in [0.15, 0.2) is 0 Å². The molecule has 0 aromatic heterocycles. The molecule has 0 atom stereocenters. The number of hydrogen-bond acceptors (Lipinski definition) is 3. The zero-order valence-corrected chi connectivity index (χ0v) is 1.92. The number of hydrogen-bond donors (Lipinski definition) is 3. The quantitative estimate of drug-likeness (QED) is 0.285. The average molecular weight is 110 g/mol. The van der Waals surface area contributed by atoms with Gasteiger partial charge in [0.25, 0.3) is 0 Å². The maximum absolute atomic E-state index is 7.17. The third-order valence-corrected chi connectivity index (χ3v) is 0. The predicted octanol–water partition coefficient (Wildman–Crippen LogP) is -3.35. The van der Waals surface area contributed by atoms with Crippen molar-refractivity contribution >= 4 is 77.6 Å². The Bertz CT molecular complexity index is 15.5. The third kappa shape index (κ3) is 34.9. The van der Waals surface area contributed by atoms with E-state index in [1.54, 1.807) is 0 Å². The van der Waals surface area contributed by atoms with E-state index in [1.807, 2.05) is 0 Å². The summed E-state index contributed by atoms with van der Waals surface area (Å²) in [7, 11) is -2.17. The zero-order chi connectivity index (χ0) is 3.58. The summed E-state index contributed by atoms with van der Waals surface area (Å²) >= 11 is 0. The molecule has 3 N–H and O–H groups in total. The van der Waals surface area contributed by atoms with E-state index in [0.717, 1.165) is 0 Å². The van der Waals surface area contributed by atoms with Gasteiger partial charge in [-0.05, 0) is 0 Å². The summed E-state index contributed by atoms with van der Waals surface area (Å²) in [6, 6.07) is 0. The van der Waals surface area contributed by atoms with Crippen LogP contribution in [0.25, 0.3) is 0 Å². The summed E-state index contributed by atoms with van der Waals surface area (Å²) in [6.07, 6.45) is 0. The Hall–Kier alpha value is 2.18. The van der Waals surface area contributed by atoms with Crippen molar-refractivity contribution in [3.8, 4) is 0 Å². The van der Waals surface area contributed by atoms with Crippen LogP contribution in [-0.4, -0.2) is 92.6 Å². The molecule has 0 spiro atoms. The first-order chi connectivity index (χ1) is 1.73. The molecule has 0 bridgehead atoms. The molecule has 0 aliphatic rings. The van der Waals surface area contributed by atoms with Gasteiger partial charge in [0.1, 0.15) is 0 Å². The fourth-order valence-corrected chi connectivity index (χ4v) is 0. The third-order valence-electron chi connectivity index (χ3n) is 0. The van der Waals surface area contributed by atoms with Crippen LogP contribution in [0.2, 0.25) is 0 Å². The van der Waals surface area contributed by atoms with E-state index in [0.29, 0.717) is 0 Å². The van der Waals surface area contributed by atoms with Crippen LogP contribution in [0.1, 0.15) is 0 Å².